The fourth-order valence-electron chi connectivity index (χ4n) is 2.23. The summed E-state index contributed by atoms with van der Waals surface area (Å²) in [7, 11) is 1.64. The molecule has 0 aliphatic heterocycles. The van der Waals surface area contributed by atoms with E-state index in [0.29, 0.717) is 5.75 Å². The maximum atomic E-state index is 12.2. The van der Waals surface area contributed by atoms with Crippen LogP contribution < -0.4 is 10.1 Å². The zero-order valence-corrected chi connectivity index (χ0v) is 15.8. The number of halogens is 1. The molecule has 0 bridgehead atoms. The highest BCUT2D eigenvalue weighted by Gasteiger charge is 2.14. The number of carbonyl (C=O) groups is 1. The van der Waals surface area contributed by atoms with Crippen molar-refractivity contribution in [3.63, 3.8) is 0 Å². The Hall–Kier alpha value is -1.46. The van der Waals surface area contributed by atoms with Gasteiger partial charge in [0, 0.05) is 14.9 Å². The van der Waals surface area contributed by atoms with E-state index in [1.807, 2.05) is 56.3 Å². The number of nitrogens with one attached hydrogen (secondary N) is 1. The Kier molecular flexibility index (Phi) is 6.54. The van der Waals surface area contributed by atoms with Gasteiger partial charge in [-0.1, -0.05) is 33.6 Å². The van der Waals surface area contributed by atoms with Gasteiger partial charge < -0.3 is 10.1 Å². The molecule has 0 radical (unpaired) electrons. The second-order valence-corrected chi connectivity index (χ2v) is 7.24. The van der Waals surface area contributed by atoms with Crippen molar-refractivity contribution in [3.8, 4) is 5.75 Å². The molecular formula is C18H20BrNO2S. The van der Waals surface area contributed by atoms with Crippen molar-refractivity contribution in [3.05, 3.63) is 58.1 Å². The quantitative estimate of drug-likeness (QED) is 0.720. The van der Waals surface area contributed by atoms with Crippen LogP contribution >= 0.6 is 27.7 Å². The van der Waals surface area contributed by atoms with E-state index in [2.05, 4.69) is 21.2 Å². The van der Waals surface area contributed by atoms with Crippen molar-refractivity contribution in [2.45, 2.75) is 24.8 Å². The molecule has 23 heavy (non-hydrogen) atoms. The van der Waals surface area contributed by atoms with E-state index in [4.69, 9.17) is 4.74 Å². The molecular weight excluding hydrogens is 374 g/mol. The lowest BCUT2D eigenvalue weighted by molar-refractivity contribution is -0.119. The van der Waals surface area contributed by atoms with E-state index in [1.54, 1.807) is 7.11 Å². The number of rotatable bonds is 6. The zero-order chi connectivity index (χ0) is 16.8. The molecule has 0 saturated heterocycles. The Morgan fingerprint density at radius 3 is 2.61 bits per heavy atom. The number of thioether (sulfide) groups is 1. The molecule has 0 aliphatic rings. The number of hydrogen-bond acceptors (Lipinski definition) is 3. The number of aryl methyl sites for hydroxylation is 1. The molecule has 122 valence electrons. The molecule has 2 rings (SSSR count). The predicted molar refractivity (Wildman–Crippen MR) is 99.2 cm³/mol. The standard InChI is InChI=1S/C18H20BrNO2S/c1-12-4-9-17(22-3)16(10-12)13(2)20-18(21)11-23-15-7-5-14(19)6-8-15/h4-10,13H,11H2,1-3H3,(H,20,21)/t13-/m1/s1. The molecule has 0 heterocycles. The number of benzene rings is 2. The minimum Gasteiger partial charge on any atom is -0.496 e. The molecule has 0 fully saturated rings. The van der Waals surface area contributed by atoms with Crippen LogP contribution in [0.4, 0.5) is 0 Å². The normalized spacial score (nSPS) is 11.8. The maximum Gasteiger partial charge on any atom is 0.230 e. The molecule has 0 unspecified atom stereocenters. The van der Waals surface area contributed by atoms with Gasteiger partial charge in [0.1, 0.15) is 5.75 Å². The topological polar surface area (TPSA) is 38.3 Å². The van der Waals surface area contributed by atoms with Crippen LogP contribution in [0.1, 0.15) is 24.1 Å². The Morgan fingerprint density at radius 2 is 1.96 bits per heavy atom. The molecule has 3 nitrogen and oxygen atoms in total. The summed E-state index contributed by atoms with van der Waals surface area (Å²) in [5.74, 6) is 1.19. The summed E-state index contributed by atoms with van der Waals surface area (Å²) in [5, 5.41) is 3.03. The van der Waals surface area contributed by atoms with Gasteiger partial charge in [-0.15, -0.1) is 11.8 Å². The molecule has 2 aromatic carbocycles. The third-order valence-electron chi connectivity index (χ3n) is 3.41. The zero-order valence-electron chi connectivity index (χ0n) is 13.4. The monoisotopic (exact) mass is 393 g/mol. The summed E-state index contributed by atoms with van der Waals surface area (Å²) in [6.07, 6.45) is 0. The smallest absolute Gasteiger partial charge is 0.230 e. The molecule has 2 aromatic rings. The largest absolute Gasteiger partial charge is 0.496 e. The average molecular weight is 394 g/mol. The van der Waals surface area contributed by atoms with Gasteiger partial charge in [0.2, 0.25) is 5.91 Å². The fourth-order valence-corrected chi connectivity index (χ4v) is 3.21. The minimum atomic E-state index is -0.0946. The SMILES string of the molecule is COc1ccc(C)cc1[C@@H](C)NC(=O)CSc1ccc(Br)cc1. The third kappa shape index (κ3) is 5.29. The van der Waals surface area contributed by atoms with Crippen molar-refractivity contribution in [2.75, 3.05) is 12.9 Å². The summed E-state index contributed by atoms with van der Waals surface area (Å²) in [5.41, 5.74) is 2.14. The van der Waals surface area contributed by atoms with E-state index in [1.165, 1.54) is 11.8 Å². The van der Waals surface area contributed by atoms with Gasteiger partial charge in [-0.2, -0.15) is 0 Å². The highest BCUT2D eigenvalue weighted by Crippen LogP contribution is 2.26. The van der Waals surface area contributed by atoms with Crippen LogP contribution in [-0.2, 0) is 4.79 Å². The van der Waals surface area contributed by atoms with Crippen LogP contribution in [0.15, 0.2) is 51.8 Å². The Labute approximate surface area is 149 Å². The summed E-state index contributed by atoms with van der Waals surface area (Å²) < 4.78 is 6.42. The third-order valence-corrected chi connectivity index (χ3v) is 4.95. The number of carbonyl (C=O) groups excluding carboxylic acids is 1. The van der Waals surface area contributed by atoms with Crippen LogP contribution in [0.5, 0.6) is 5.75 Å². The minimum absolute atomic E-state index is 0.00831. The first-order valence-corrected chi connectivity index (χ1v) is 9.09. The Bertz CT molecular complexity index is 673. The molecule has 0 saturated carbocycles. The van der Waals surface area contributed by atoms with Crippen LogP contribution in [0, 0.1) is 6.92 Å². The van der Waals surface area contributed by atoms with Gasteiger partial charge in [0.25, 0.3) is 0 Å². The number of hydrogen-bond donors (Lipinski definition) is 1. The fraction of sp³-hybridized carbons (Fsp3) is 0.278. The average Bonchev–Trinajstić information content (AvgIpc) is 2.54. The number of amides is 1. The first-order chi connectivity index (χ1) is 11.0. The van der Waals surface area contributed by atoms with Gasteiger partial charge in [0.15, 0.2) is 0 Å². The lowest BCUT2D eigenvalue weighted by atomic mass is 10.0. The number of ether oxygens (including phenoxy) is 1. The van der Waals surface area contributed by atoms with Crippen molar-refractivity contribution < 1.29 is 9.53 Å². The molecule has 0 aromatic heterocycles. The van der Waals surface area contributed by atoms with Crippen molar-refractivity contribution in [2.24, 2.45) is 0 Å². The first kappa shape index (κ1) is 17.9. The summed E-state index contributed by atoms with van der Waals surface area (Å²) in [4.78, 5) is 13.2. The van der Waals surface area contributed by atoms with E-state index < -0.39 is 0 Å². The Morgan fingerprint density at radius 1 is 1.26 bits per heavy atom. The second kappa shape index (κ2) is 8.41. The molecule has 1 amide bonds. The molecule has 1 atom stereocenters. The molecule has 0 spiro atoms. The van der Waals surface area contributed by atoms with Crippen molar-refractivity contribution >= 4 is 33.6 Å². The molecule has 1 N–H and O–H groups in total. The highest BCUT2D eigenvalue weighted by atomic mass is 79.9. The molecule has 5 heteroatoms. The highest BCUT2D eigenvalue weighted by molar-refractivity contribution is 9.10. The lowest BCUT2D eigenvalue weighted by Crippen LogP contribution is -2.28. The summed E-state index contributed by atoms with van der Waals surface area (Å²) in [6.45, 7) is 4.00. The van der Waals surface area contributed by atoms with E-state index >= 15 is 0 Å². The lowest BCUT2D eigenvalue weighted by Gasteiger charge is -2.18. The van der Waals surface area contributed by atoms with Crippen LogP contribution in [0.2, 0.25) is 0 Å². The van der Waals surface area contributed by atoms with Gasteiger partial charge >= 0.3 is 0 Å². The van der Waals surface area contributed by atoms with Crippen molar-refractivity contribution in [1.82, 2.24) is 5.32 Å². The van der Waals surface area contributed by atoms with E-state index in [9.17, 15) is 4.79 Å². The van der Waals surface area contributed by atoms with E-state index in [-0.39, 0.29) is 11.9 Å². The van der Waals surface area contributed by atoms with Crippen LogP contribution in [-0.4, -0.2) is 18.8 Å². The second-order valence-electron chi connectivity index (χ2n) is 5.28. The summed E-state index contributed by atoms with van der Waals surface area (Å²) >= 11 is 4.93. The predicted octanol–water partition coefficient (Wildman–Crippen LogP) is 4.74. The number of methoxy groups -OCH3 is 1. The van der Waals surface area contributed by atoms with E-state index in [0.717, 1.165) is 26.2 Å². The summed E-state index contributed by atoms with van der Waals surface area (Å²) in [6, 6.07) is 13.8. The van der Waals surface area contributed by atoms with Gasteiger partial charge in [0.05, 0.1) is 18.9 Å². The Balaban J connectivity index is 1.94. The van der Waals surface area contributed by atoms with Gasteiger partial charge in [-0.05, 0) is 44.2 Å². The van der Waals surface area contributed by atoms with Crippen LogP contribution in [0.25, 0.3) is 0 Å². The first-order valence-electron chi connectivity index (χ1n) is 7.32. The van der Waals surface area contributed by atoms with Crippen molar-refractivity contribution in [1.29, 1.82) is 0 Å². The molecule has 0 aliphatic carbocycles. The van der Waals surface area contributed by atoms with Gasteiger partial charge in [-0.3, -0.25) is 4.79 Å². The maximum absolute atomic E-state index is 12.2. The van der Waals surface area contributed by atoms with Gasteiger partial charge in [-0.25, -0.2) is 0 Å². The van der Waals surface area contributed by atoms with Crippen LogP contribution in [0.3, 0.4) is 0 Å².